The molecule has 1 heterocycles. The zero-order chi connectivity index (χ0) is 14.7. The molecule has 2 aromatic carbocycles. The summed E-state index contributed by atoms with van der Waals surface area (Å²) >= 11 is 0. The fraction of sp³-hybridized carbons (Fsp3) is 0.105. The van der Waals surface area contributed by atoms with Gasteiger partial charge in [0, 0.05) is 10.9 Å². The Bertz CT molecular complexity index is 832. The molecule has 0 radical (unpaired) electrons. The molecule has 2 heteroatoms. The number of rotatable bonds is 3. The molecule has 21 heavy (non-hydrogen) atoms. The molecular formula is C19H15NO. The van der Waals surface area contributed by atoms with E-state index in [1.54, 1.807) is 6.26 Å². The maximum atomic E-state index is 9.46. The van der Waals surface area contributed by atoms with Crippen molar-refractivity contribution < 1.29 is 4.42 Å². The van der Waals surface area contributed by atoms with Gasteiger partial charge in [-0.3, -0.25) is 0 Å². The normalized spacial score (nSPS) is 11.5. The highest BCUT2D eigenvalue weighted by molar-refractivity contribution is 6.00. The third-order valence-electron chi connectivity index (χ3n) is 3.59. The van der Waals surface area contributed by atoms with Crippen LogP contribution in [0.15, 0.2) is 59.2 Å². The second-order valence-electron chi connectivity index (χ2n) is 4.91. The Morgan fingerprint density at radius 3 is 2.62 bits per heavy atom. The van der Waals surface area contributed by atoms with Crippen LogP contribution in [0.5, 0.6) is 0 Å². The maximum absolute atomic E-state index is 9.46. The van der Waals surface area contributed by atoms with Crippen molar-refractivity contribution in [3.8, 4) is 6.07 Å². The van der Waals surface area contributed by atoms with Gasteiger partial charge in [0.25, 0.3) is 0 Å². The van der Waals surface area contributed by atoms with E-state index in [-0.39, 0.29) is 0 Å². The standard InChI is InChI=1S/C19H15NO/c1-2-14-7-9-15(10-8-14)11-16(12-20)18-13-21-19-6-4-3-5-17(18)19/h3-11,13H,2H2,1H3/b16-11+. The van der Waals surface area contributed by atoms with Crippen molar-refractivity contribution in [1.82, 2.24) is 0 Å². The predicted molar refractivity (Wildman–Crippen MR) is 85.5 cm³/mol. The van der Waals surface area contributed by atoms with Gasteiger partial charge in [-0.1, -0.05) is 49.4 Å². The van der Waals surface area contributed by atoms with Gasteiger partial charge in [0.15, 0.2) is 0 Å². The second-order valence-corrected chi connectivity index (χ2v) is 4.91. The lowest BCUT2D eigenvalue weighted by atomic mass is 10.0. The molecule has 3 rings (SSSR count). The van der Waals surface area contributed by atoms with E-state index in [1.807, 2.05) is 42.5 Å². The average molecular weight is 273 g/mol. The largest absolute Gasteiger partial charge is 0.464 e. The molecule has 0 fully saturated rings. The summed E-state index contributed by atoms with van der Waals surface area (Å²) in [5.74, 6) is 0. The number of hydrogen-bond donors (Lipinski definition) is 0. The number of hydrogen-bond acceptors (Lipinski definition) is 2. The van der Waals surface area contributed by atoms with Crippen LogP contribution in [-0.2, 0) is 6.42 Å². The highest BCUT2D eigenvalue weighted by Gasteiger charge is 2.09. The fourth-order valence-electron chi connectivity index (χ4n) is 2.37. The van der Waals surface area contributed by atoms with Crippen LogP contribution < -0.4 is 0 Å². The monoisotopic (exact) mass is 273 g/mol. The molecule has 0 aliphatic rings. The quantitative estimate of drug-likeness (QED) is 0.625. The van der Waals surface area contributed by atoms with Gasteiger partial charge in [-0.05, 0) is 29.7 Å². The molecule has 0 amide bonds. The van der Waals surface area contributed by atoms with Gasteiger partial charge >= 0.3 is 0 Å². The topological polar surface area (TPSA) is 36.9 Å². The molecule has 0 unspecified atom stereocenters. The zero-order valence-corrected chi connectivity index (χ0v) is 11.8. The number of allylic oxidation sites excluding steroid dienone is 1. The van der Waals surface area contributed by atoms with Crippen molar-refractivity contribution in [2.75, 3.05) is 0 Å². The second kappa shape index (κ2) is 5.68. The van der Waals surface area contributed by atoms with Crippen LogP contribution in [-0.4, -0.2) is 0 Å². The van der Waals surface area contributed by atoms with Crippen molar-refractivity contribution >= 4 is 22.6 Å². The van der Waals surface area contributed by atoms with Crippen LogP contribution in [0.2, 0.25) is 0 Å². The van der Waals surface area contributed by atoms with Crippen LogP contribution in [0.4, 0.5) is 0 Å². The summed E-state index contributed by atoms with van der Waals surface area (Å²) in [6, 6.07) is 18.3. The number of furan rings is 1. The summed E-state index contributed by atoms with van der Waals surface area (Å²) in [5.41, 5.74) is 4.57. The van der Waals surface area contributed by atoms with Gasteiger partial charge in [0.1, 0.15) is 11.8 Å². The molecule has 0 saturated carbocycles. The average Bonchev–Trinajstić information content (AvgIpc) is 2.97. The van der Waals surface area contributed by atoms with E-state index in [9.17, 15) is 5.26 Å². The lowest BCUT2D eigenvalue weighted by Crippen LogP contribution is -1.82. The molecule has 0 atom stereocenters. The minimum Gasteiger partial charge on any atom is -0.464 e. The number of benzene rings is 2. The summed E-state index contributed by atoms with van der Waals surface area (Å²) in [6.07, 6.45) is 4.57. The Hall–Kier alpha value is -2.79. The fourth-order valence-corrected chi connectivity index (χ4v) is 2.37. The summed E-state index contributed by atoms with van der Waals surface area (Å²) in [5, 5.41) is 10.4. The van der Waals surface area contributed by atoms with Gasteiger partial charge in [-0.25, -0.2) is 0 Å². The number of aryl methyl sites for hydroxylation is 1. The van der Waals surface area contributed by atoms with Crippen LogP contribution in [0, 0.1) is 11.3 Å². The Morgan fingerprint density at radius 2 is 1.90 bits per heavy atom. The molecule has 0 aliphatic carbocycles. The molecule has 0 saturated heterocycles. The van der Waals surface area contributed by atoms with Gasteiger partial charge < -0.3 is 4.42 Å². The van der Waals surface area contributed by atoms with E-state index in [0.717, 1.165) is 28.5 Å². The lowest BCUT2D eigenvalue weighted by molar-refractivity contribution is 0.615. The Kier molecular flexibility index (Phi) is 3.57. The first-order valence-corrected chi connectivity index (χ1v) is 6.99. The van der Waals surface area contributed by atoms with Gasteiger partial charge in [0.05, 0.1) is 11.6 Å². The van der Waals surface area contributed by atoms with E-state index in [2.05, 4.69) is 25.1 Å². The summed E-state index contributed by atoms with van der Waals surface area (Å²) in [4.78, 5) is 0. The highest BCUT2D eigenvalue weighted by Crippen LogP contribution is 2.28. The third kappa shape index (κ3) is 2.59. The molecule has 0 N–H and O–H groups in total. The van der Waals surface area contributed by atoms with Crippen LogP contribution in [0.3, 0.4) is 0 Å². The van der Waals surface area contributed by atoms with E-state index in [4.69, 9.17) is 4.42 Å². The molecular weight excluding hydrogens is 258 g/mol. The Labute approximate surface area is 123 Å². The summed E-state index contributed by atoms with van der Waals surface area (Å²) in [7, 11) is 0. The smallest absolute Gasteiger partial charge is 0.134 e. The van der Waals surface area contributed by atoms with Crippen molar-refractivity contribution in [1.29, 1.82) is 5.26 Å². The number of nitriles is 1. The maximum Gasteiger partial charge on any atom is 0.134 e. The number of para-hydroxylation sites is 1. The van der Waals surface area contributed by atoms with E-state index >= 15 is 0 Å². The Morgan fingerprint density at radius 1 is 1.14 bits per heavy atom. The summed E-state index contributed by atoms with van der Waals surface area (Å²) in [6.45, 7) is 2.13. The predicted octanol–water partition coefficient (Wildman–Crippen LogP) is 5.06. The van der Waals surface area contributed by atoms with Crippen molar-refractivity contribution in [2.24, 2.45) is 0 Å². The zero-order valence-electron chi connectivity index (χ0n) is 11.8. The molecule has 0 bridgehead atoms. The first-order valence-electron chi connectivity index (χ1n) is 6.99. The molecule has 3 aromatic rings. The minimum absolute atomic E-state index is 0.615. The molecule has 102 valence electrons. The SMILES string of the molecule is CCc1ccc(/C=C(\C#N)c2coc3ccccc23)cc1. The van der Waals surface area contributed by atoms with Crippen molar-refractivity contribution in [3.63, 3.8) is 0 Å². The highest BCUT2D eigenvalue weighted by atomic mass is 16.3. The van der Waals surface area contributed by atoms with Crippen LogP contribution in [0.1, 0.15) is 23.6 Å². The first kappa shape index (κ1) is 13.2. The van der Waals surface area contributed by atoms with Gasteiger partial charge in [0.2, 0.25) is 0 Å². The van der Waals surface area contributed by atoms with Crippen molar-refractivity contribution in [2.45, 2.75) is 13.3 Å². The minimum atomic E-state index is 0.615. The molecule has 1 aromatic heterocycles. The van der Waals surface area contributed by atoms with E-state index in [0.29, 0.717) is 5.57 Å². The van der Waals surface area contributed by atoms with Gasteiger partial charge in [-0.15, -0.1) is 0 Å². The molecule has 2 nitrogen and oxygen atoms in total. The van der Waals surface area contributed by atoms with Gasteiger partial charge in [-0.2, -0.15) is 5.26 Å². The lowest BCUT2D eigenvalue weighted by Gasteiger charge is -1.99. The van der Waals surface area contributed by atoms with Crippen LogP contribution >= 0.6 is 0 Å². The van der Waals surface area contributed by atoms with Crippen molar-refractivity contribution in [3.05, 3.63) is 71.5 Å². The Balaban J connectivity index is 2.05. The van der Waals surface area contributed by atoms with E-state index < -0.39 is 0 Å². The first-order chi connectivity index (χ1) is 10.3. The molecule has 0 spiro atoms. The number of nitrogens with zero attached hydrogens (tertiary/aromatic N) is 1. The molecule has 0 aliphatic heterocycles. The third-order valence-corrected chi connectivity index (χ3v) is 3.59. The van der Waals surface area contributed by atoms with E-state index in [1.165, 1.54) is 5.56 Å². The summed E-state index contributed by atoms with van der Waals surface area (Å²) < 4.78 is 5.51. The van der Waals surface area contributed by atoms with Crippen LogP contribution in [0.25, 0.3) is 22.6 Å². The number of fused-ring (bicyclic) bond motifs is 1.